The van der Waals surface area contributed by atoms with Crippen molar-refractivity contribution in [2.24, 2.45) is 0 Å². The second-order valence-electron chi connectivity index (χ2n) is 5.01. The van der Waals surface area contributed by atoms with E-state index in [4.69, 9.17) is 4.74 Å². The number of nitrogens with one attached hydrogen (secondary N) is 1. The van der Waals surface area contributed by atoms with Crippen molar-refractivity contribution >= 4 is 22.7 Å². The van der Waals surface area contributed by atoms with Crippen LogP contribution in [0.1, 0.15) is 5.69 Å². The third-order valence-electron chi connectivity index (χ3n) is 3.42. The van der Waals surface area contributed by atoms with Crippen LogP contribution >= 0.6 is 11.3 Å². The van der Waals surface area contributed by atoms with Gasteiger partial charge in [0.1, 0.15) is 5.01 Å². The van der Waals surface area contributed by atoms with Crippen LogP contribution in [0.5, 0.6) is 5.75 Å². The second kappa shape index (κ2) is 7.10. The largest absolute Gasteiger partial charge is 0.490 e. The minimum Gasteiger partial charge on any atom is -0.490 e. The Morgan fingerprint density at radius 1 is 1.25 bits per heavy atom. The van der Waals surface area contributed by atoms with Gasteiger partial charge in [0.2, 0.25) is 0 Å². The molecule has 0 amide bonds. The molecule has 0 aliphatic carbocycles. The lowest BCUT2D eigenvalue weighted by Crippen LogP contribution is -2.01. The summed E-state index contributed by atoms with van der Waals surface area (Å²) in [5.74, 6) is 0.230. The molecule has 0 aliphatic rings. The number of aromatic nitrogens is 1. The first-order chi connectivity index (χ1) is 11.7. The van der Waals surface area contributed by atoms with E-state index < -0.39 is 4.92 Å². The van der Waals surface area contributed by atoms with Gasteiger partial charge in [-0.3, -0.25) is 10.1 Å². The van der Waals surface area contributed by atoms with E-state index in [0.717, 1.165) is 22.0 Å². The van der Waals surface area contributed by atoms with Crippen molar-refractivity contribution in [2.45, 2.75) is 6.54 Å². The summed E-state index contributed by atoms with van der Waals surface area (Å²) >= 11 is 1.59. The van der Waals surface area contributed by atoms with Crippen LogP contribution in [0, 0.1) is 10.1 Å². The molecule has 0 saturated heterocycles. The highest BCUT2D eigenvalue weighted by atomic mass is 32.1. The molecule has 3 rings (SSSR count). The third-order valence-corrected chi connectivity index (χ3v) is 4.36. The minimum atomic E-state index is -0.463. The first-order valence-corrected chi connectivity index (χ1v) is 8.11. The van der Waals surface area contributed by atoms with E-state index in [9.17, 15) is 10.1 Å². The Labute approximate surface area is 142 Å². The number of ether oxygens (including phenoxy) is 1. The molecule has 1 N–H and O–H groups in total. The van der Waals surface area contributed by atoms with Gasteiger partial charge in [-0.15, -0.1) is 11.3 Å². The molecule has 0 aliphatic heterocycles. The van der Waals surface area contributed by atoms with Crippen molar-refractivity contribution < 1.29 is 9.66 Å². The van der Waals surface area contributed by atoms with Crippen LogP contribution in [0.3, 0.4) is 0 Å². The van der Waals surface area contributed by atoms with E-state index in [1.54, 1.807) is 23.5 Å². The first kappa shape index (κ1) is 15.9. The summed E-state index contributed by atoms with van der Waals surface area (Å²) < 4.78 is 5.07. The van der Waals surface area contributed by atoms with E-state index in [-0.39, 0.29) is 11.4 Å². The number of thiazole rings is 1. The SMILES string of the molecule is COc1cc(NCc2csc(-c3ccccc3)n2)ccc1[N+](=O)[O-]. The van der Waals surface area contributed by atoms with E-state index in [1.165, 1.54) is 13.2 Å². The fourth-order valence-electron chi connectivity index (χ4n) is 2.23. The van der Waals surface area contributed by atoms with E-state index in [1.807, 2.05) is 35.7 Å². The van der Waals surface area contributed by atoms with Crippen molar-refractivity contribution in [3.05, 3.63) is 69.7 Å². The molecule has 3 aromatic rings. The molecule has 0 unspecified atom stereocenters. The van der Waals surface area contributed by atoms with Crippen LogP contribution in [0.2, 0.25) is 0 Å². The standard InChI is InChI=1S/C17H15N3O3S/c1-23-16-9-13(7-8-15(16)20(21)22)18-10-14-11-24-17(19-14)12-5-3-2-4-6-12/h2-9,11,18H,10H2,1H3. The Hall–Kier alpha value is -2.93. The lowest BCUT2D eigenvalue weighted by atomic mass is 10.2. The van der Waals surface area contributed by atoms with Gasteiger partial charge in [0.25, 0.3) is 0 Å². The molecule has 24 heavy (non-hydrogen) atoms. The summed E-state index contributed by atoms with van der Waals surface area (Å²) in [6.45, 7) is 0.532. The number of anilines is 1. The van der Waals surface area contributed by atoms with Gasteiger partial charge >= 0.3 is 5.69 Å². The highest BCUT2D eigenvalue weighted by Crippen LogP contribution is 2.30. The lowest BCUT2D eigenvalue weighted by molar-refractivity contribution is -0.385. The average Bonchev–Trinajstić information content (AvgIpc) is 3.09. The summed E-state index contributed by atoms with van der Waals surface area (Å²) in [5, 5.41) is 17.1. The lowest BCUT2D eigenvalue weighted by Gasteiger charge is -2.07. The number of nitro groups is 1. The zero-order valence-corrected chi connectivity index (χ0v) is 13.7. The molecule has 6 nitrogen and oxygen atoms in total. The fourth-order valence-corrected chi connectivity index (χ4v) is 3.06. The molecule has 0 bridgehead atoms. The molecule has 0 saturated carbocycles. The van der Waals surface area contributed by atoms with Gasteiger partial charge < -0.3 is 10.1 Å². The predicted octanol–water partition coefficient (Wildman–Crippen LogP) is 4.34. The van der Waals surface area contributed by atoms with Crippen LogP contribution in [0.25, 0.3) is 10.6 Å². The van der Waals surface area contributed by atoms with Crippen LogP contribution < -0.4 is 10.1 Å². The Bertz CT molecular complexity index is 849. The van der Waals surface area contributed by atoms with Gasteiger partial charge in [0.15, 0.2) is 5.75 Å². The first-order valence-electron chi connectivity index (χ1n) is 7.23. The normalized spacial score (nSPS) is 10.4. The van der Waals surface area contributed by atoms with Crippen LogP contribution in [-0.4, -0.2) is 17.0 Å². The highest BCUT2D eigenvalue weighted by molar-refractivity contribution is 7.13. The maximum Gasteiger partial charge on any atom is 0.311 e. The molecular formula is C17H15N3O3S. The maximum atomic E-state index is 10.9. The van der Waals surface area contributed by atoms with Gasteiger partial charge in [0.05, 0.1) is 24.3 Å². The summed E-state index contributed by atoms with van der Waals surface area (Å²) in [4.78, 5) is 15.0. The average molecular weight is 341 g/mol. The van der Waals surface area contributed by atoms with Crippen molar-refractivity contribution in [1.82, 2.24) is 4.98 Å². The van der Waals surface area contributed by atoms with Crippen LogP contribution in [-0.2, 0) is 6.54 Å². The molecular weight excluding hydrogens is 326 g/mol. The van der Waals surface area contributed by atoms with Crippen LogP contribution in [0.4, 0.5) is 11.4 Å². The molecule has 1 aromatic heterocycles. The topological polar surface area (TPSA) is 77.3 Å². The zero-order chi connectivity index (χ0) is 16.9. The number of hydrogen-bond donors (Lipinski definition) is 1. The Balaban J connectivity index is 1.70. The number of nitrogens with zero attached hydrogens (tertiary/aromatic N) is 2. The van der Waals surface area contributed by atoms with Gasteiger partial charge in [-0.25, -0.2) is 4.98 Å². The Morgan fingerprint density at radius 2 is 2.04 bits per heavy atom. The monoisotopic (exact) mass is 341 g/mol. The van der Waals surface area contributed by atoms with Crippen LogP contribution in [0.15, 0.2) is 53.9 Å². The quantitative estimate of drug-likeness (QED) is 0.533. The van der Waals surface area contributed by atoms with Crippen molar-refractivity contribution in [1.29, 1.82) is 0 Å². The summed E-state index contributed by atoms with van der Waals surface area (Å²) in [6, 6.07) is 14.7. The molecule has 0 atom stereocenters. The van der Waals surface area contributed by atoms with Gasteiger partial charge in [0, 0.05) is 28.8 Å². The minimum absolute atomic E-state index is 0.0527. The van der Waals surface area contributed by atoms with E-state index in [0.29, 0.717) is 6.54 Å². The fraction of sp³-hybridized carbons (Fsp3) is 0.118. The zero-order valence-electron chi connectivity index (χ0n) is 12.9. The van der Waals surface area contributed by atoms with Crippen molar-refractivity contribution in [2.75, 3.05) is 12.4 Å². The Kier molecular flexibility index (Phi) is 4.72. The molecule has 0 fully saturated rings. The maximum absolute atomic E-state index is 10.9. The summed E-state index contributed by atoms with van der Waals surface area (Å²) in [7, 11) is 1.42. The predicted molar refractivity (Wildman–Crippen MR) is 94.5 cm³/mol. The number of benzene rings is 2. The molecule has 122 valence electrons. The molecule has 7 heteroatoms. The van der Waals surface area contributed by atoms with Gasteiger partial charge in [-0.05, 0) is 6.07 Å². The number of nitro benzene ring substituents is 1. The number of rotatable bonds is 6. The third kappa shape index (κ3) is 3.52. The molecule has 0 spiro atoms. The number of methoxy groups -OCH3 is 1. The summed E-state index contributed by atoms with van der Waals surface area (Å²) in [5.41, 5.74) is 2.69. The second-order valence-corrected chi connectivity index (χ2v) is 5.87. The van der Waals surface area contributed by atoms with Crippen molar-refractivity contribution in [3.63, 3.8) is 0 Å². The van der Waals surface area contributed by atoms with Gasteiger partial charge in [-0.1, -0.05) is 30.3 Å². The van der Waals surface area contributed by atoms with E-state index in [2.05, 4.69) is 10.3 Å². The molecule has 0 radical (unpaired) electrons. The number of hydrogen-bond acceptors (Lipinski definition) is 6. The van der Waals surface area contributed by atoms with E-state index >= 15 is 0 Å². The van der Waals surface area contributed by atoms with Gasteiger partial charge in [-0.2, -0.15) is 0 Å². The Morgan fingerprint density at radius 3 is 2.75 bits per heavy atom. The smallest absolute Gasteiger partial charge is 0.311 e. The molecule has 1 heterocycles. The van der Waals surface area contributed by atoms with Crippen molar-refractivity contribution in [3.8, 4) is 16.3 Å². The highest BCUT2D eigenvalue weighted by Gasteiger charge is 2.14. The summed E-state index contributed by atoms with van der Waals surface area (Å²) in [6.07, 6.45) is 0. The molecule has 2 aromatic carbocycles.